The van der Waals surface area contributed by atoms with E-state index in [2.05, 4.69) is 80.5 Å². The minimum absolute atomic E-state index is 0.0100. The summed E-state index contributed by atoms with van der Waals surface area (Å²) in [6, 6.07) is 4.52. The lowest BCUT2D eigenvalue weighted by Crippen LogP contribution is -2.53. The van der Waals surface area contributed by atoms with Crippen molar-refractivity contribution in [2.45, 2.75) is 92.8 Å². The highest BCUT2D eigenvalue weighted by molar-refractivity contribution is 5.48. The summed E-state index contributed by atoms with van der Waals surface area (Å²) in [5.41, 5.74) is 6.89. The highest BCUT2D eigenvalue weighted by atomic mass is 16.7. The van der Waals surface area contributed by atoms with E-state index in [1.807, 2.05) is 0 Å². The molecule has 0 aromatic heterocycles. The third kappa shape index (κ3) is 2.91. The summed E-state index contributed by atoms with van der Waals surface area (Å²) in [7, 11) is 0. The molecule has 0 radical (unpaired) electrons. The third-order valence-electron chi connectivity index (χ3n) is 7.41. The summed E-state index contributed by atoms with van der Waals surface area (Å²) in [4.78, 5) is 0. The van der Waals surface area contributed by atoms with Crippen LogP contribution in [0.2, 0.25) is 0 Å². The molecule has 0 N–H and O–H groups in total. The summed E-state index contributed by atoms with van der Waals surface area (Å²) in [5, 5.41) is 0. The largest absolute Gasteiger partial charge is 0.456 e. The van der Waals surface area contributed by atoms with Crippen LogP contribution >= 0.6 is 0 Å². The van der Waals surface area contributed by atoms with E-state index in [0.717, 1.165) is 30.8 Å². The van der Waals surface area contributed by atoms with Crippen molar-refractivity contribution in [3.05, 3.63) is 51.8 Å². The van der Waals surface area contributed by atoms with Gasteiger partial charge in [-0.2, -0.15) is 0 Å². The predicted octanol–water partition coefficient (Wildman–Crippen LogP) is 7.14. The summed E-state index contributed by atoms with van der Waals surface area (Å²) >= 11 is 0. The van der Waals surface area contributed by atoms with Gasteiger partial charge in [-0.1, -0.05) is 59.3 Å². The fourth-order valence-electron chi connectivity index (χ4n) is 5.39. The van der Waals surface area contributed by atoms with Gasteiger partial charge in [0.1, 0.15) is 11.5 Å². The maximum atomic E-state index is 6.81. The van der Waals surface area contributed by atoms with Crippen LogP contribution < -0.4 is 4.74 Å². The number of aryl methyl sites for hydroxylation is 2. The van der Waals surface area contributed by atoms with E-state index in [1.54, 1.807) is 0 Å². The monoisotopic (exact) mass is 380 g/mol. The topological polar surface area (TPSA) is 18.5 Å². The van der Waals surface area contributed by atoms with Gasteiger partial charge >= 0.3 is 0 Å². The van der Waals surface area contributed by atoms with Crippen molar-refractivity contribution in [2.75, 3.05) is 0 Å². The number of hydrogen-bond acceptors (Lipinski definition) is 2. The molecule has 4 rings (SSSR count). The minimum atomic E-state index is -0.588. The second kappa shape index (κ2) is 5.68. The van der Waals surface area contributed by atoms with Crippen LogP contribution in [0, 0.1) is 24.7 Å². The Kier molecular flexibility index (Phi) is 3.98. The Labute approximate surface area is 171 Å². The van der Waals surface area contributed by atoms with Crippen molar-refractivity contribution >= 4 is 0 Å². The Morgan fingerprint density at radius 2 is 1.36 bits per heavy atom. The first-order chi connectivity index (χ1) is 12.7. The Balaban J connectivity index is 1.81. The lowest BCUT2D eigenvalue weighted by atomic mass is 9.65. The van der Waals surface area contributed by atoms with Gasteiger partial charge in [-0.25, -0.2) is 0 Å². The molecule has 1 aromatic carbocycles. The quantitative estimate of drug-likeness (QED) is 0.476. The number of ether oxygens (including phenoxy) is 2. The van der Waals surface area contributed by atoms with E-state index in [0.29, 0.717) is 0 Å². The van der Waals surface area contributed by atoms with Crippen LogP contribution in [0.15, 0.2) is 35.1 Å². The molecule has 1 aliphatic carbocycles. The molecule has 0 fully saturated rings. The number of fused-ring (bicyclic) bond motifs is 1. The number of rotatable bonds is 0. The van der Waals surface area contributed by atoms with Gasteiger partial charge in [0.2, 0.25) is 0 Å². The van der Waals surface area contributed by atoms with Gasteiger partial charge in [-0.15, -0.1) is 0 Å². The molecule has 2 aliphatic heterocycles. The molecule has 1 unspecified atom stereocenters. The van der Waals surface area contributed by atoms with Crippen LogP contribution in [-0.2, 0) is 10.2 Å². The molecule has 152 valence electrons. The molecular formula is C26H36O2. The van der Waals surface area contributed by atoms with E-state index in [-0.39, 0.29) is 16.2 Å². The lowest BCUT2D eigenvalue weighted by Gasteiger charge is -2.53. The zero-order valence-electron chi connectivity index (χ0n) is 19.2. The molecule has 0 amide bonds. The maximum absolute atomic E-state index is 6.81. The van der Waals surface area contributed by atoms with Gasteiger partial charge in [0.05, 0.1) is 0 Å². The molecule has 2 heterocycles. The van der Waals surface area contributed by atoms with Crippen LogP contribution in [0.5, 0.6) is 5.75 Å². The van der Waals surface area contributed by atoms with Crippen LogP contribution in [0.4, 0.5) is 0 Å². The summed E-state index contributed by atoms with van der Waals surface area (Å²) in [5.74, 6) is 1.55. The fourth-order valence-corrected chi connectivity index (χ4v) is 5.39. The number of hydrogen-bond donors (Lipinski definition) is 0. The molecule has 0 bridgehead atoms. The fraction of sp³-hybridized carbons (Fsp3) is 0.615. The Morgan fingerprint density at radius 3 is 2.04 bits per heavy atom. The van der Waals surface area contributed by atoms with Gasteiger partial charge < -0.3 is 9.47 Å². The molecule has 0 saturated heterocycles. The molecular weight excluding hydrogens is 344 g/mol. The van der Waals surface area contributed by atoms with E-state index < -0.39 is 5.79 Å². The summed E-state index contributed by atoms with van der Waals surface area (Å²) in [6.45, 7) is 20.6. The van der Waals surface area contributed by atoms with Crippen molar-refractivity contribution in [2.24, 2.45) is 10.8 Å². The van der Waals surface area contributed by atoms with Crippen molar-refractivity contribution in [1.29, 1.82) is 0 Å². The maximum Gasteiger partial charge on any atom is 0.252 e. The van der Waals surface area contributed by atoms with E-state index >= 15 is 0 Å². The smallest absolute Gasteiger partial charge is 0.252 e. The Morgan fingerprint density at radius 1 is 0.750 bits per heavy atom. The third-order valence-corrected chi connectivity index (χ3v) is 7.41. The van der Waals surface area contributed by atoms with Crippen LogP contribution in [0.25, 0.3) is 0 Å². The van der Waals surface area contributed by atoms with E-state index in [9.17, 15) is 0 Å². The molecule has 0 saturated carbocycles. The standard InChI is InChI=1S/C26H36O2/c1-16-10-19-21(11-17(16)2)27-26(14-24(19,6)7)15-25(8,9)20-12-18(3)23(4,5)13-22(20)28-26/h10-12H,13-15H2,1-9H3. The Hall–Kier alpha value is -1.70. The minimum Gasteiger partial charge on any atom is -0.456 e. The van der Waals surface area contributed by atoms with Crippen molar-refractivity contribution in [3.8, 4) is 5.75 Å². The zero-order chi connectivity index (χ0) is 20.7. The normalized spacial score (nSPS) is 29.4. The van der Waals surface area contributed by atoms with Gasteiger partial charge in [0, 0.05) is 35.7 Å². The highest BCUT2D eigenvalue weighted by Crippen LogP contribution is 2.57. The molecule has 2 nitrogen and oxygen atoms in total. The predicted molar refractivity (Wildman–Crippen MR) is 116 cm³/mol. The summed E-state index contributed by atoms with van der Waals surface area (Å²) in [6.07, 6.45) is 5.07. The average molecular weight is 381 g/mol. The first-order valence-corrected chi connectivity index (χ1v) is 10.7. The van der Waals surface area contributed by atoms with Crippen LogP contribution in [-0.4, -0.2) is 5.79 Å². The molecule has 1 atom stereocenters. The van der Waals surface area contributed by atoms with Gasteiger partial charge in [-0.3, -0.25) is 0 Å². The SMILES string of the molecule is CC1=CC2=C(CC1(C)C)OC1(CC2(C)C)CC(C)(C)c2cc(C)c(C)cc2O1. The average Bonchev–Trinajstić information content (AvgIpc) is 2.50. The second-order valence-electron chi connectivity index (χ2n) is 11.4. The molecule has 1 aromatic rings. The van der Waals surface area contributed by atoms with Crippen molar-refractivity contribution < 1.29 is 9.47 Å². The van der Waals surface area contributed by atoms with Crippen molar-refractivity contribution in [1.82, 2.24) is 0 Å². The summed E-state index contributed by atoms with van der Waals surface area (Å²) < 4.78 is 13.5. The molecule has 28 heavy (non-hydrogen) atoms. The lowest BCUT2D eigenvalue weighted by molar-refractivity contribution is -0.210. The zero-order valence-corrected chi connectivity index (χ0v) is 19.2. The number of benzene rings is 1. The second-order valence-corrected chi connectivity index (χ2v) is 11.4. The van der Waals surface area contributed by atoms with Gasteiger partial charge in [0.15, 0.2) is 0 Å². The highest BCUT2D eigenvalue weighted by Gasteiger charge is 2.54. The first-order valence-electron chi connectivity index (χ1n) is 10.7. The van der Waals surface area contributed by atoms with Crippen LogP contribution in [0.3, 0.4) is 0 Å². The first kappa shape index (κ1) is 19.6. The van der Waals surface area contributed by atoms with Gasteiger partial charge in [0.25, 0.3) is 5.79 Å². The van der Waals surface area contributed by atoms with E-state index in [1.165, 1.54) is 27.8 Å². The van der Waals surface area contributed by atoms with Crippen molar-refractivity contribution in [3.63, 3.8) is 0 Å². The molecule has 3 aliphatic rings. The molecule has 1 spiro atoms. The Bertz CT molecular complexity index is 911. The van der Waals surface area contributed by atoms with Crippen LogP contribution in [0.1, 0.15) is 84.4 Å². The van der Waals surface area contributed by atoms with Gasteiger partial charge in [-0.05, 0) is 49.0 Å². The van der Waals surface area contributed by atoms with E-state index in [4.69, 9.17) is 9.47 Å². The number of allylic oxidation sites excluding steroid dienone is 4. The molecule has 2 heteroatoms.